The van der Waals surface area contributed by atoms with E-state index < -0.39 is 17.6 Å². The molecule has 0 aliphatic carbocycles. The van der Waals surface area contributed by atoms with Gasteiger partial charge < -0.3 is 19.8 Å². The van der Waals surface area contributed by atoms with Crippen molar-refractivity contribution in [3.05, 3.63) is 69.9 Å². The van der Waals surface area contributed by atoms with Crippen LogP contribution in [0.25, 0.3) is 10.9 Å². The number of aryl methyl sites for hydroxylation is 1. The third kappa shape index (κ3) is 2.89. The van der Waals surface area contributed by atoms with Gasteiger partial charge in [-0.3, -0.25) is 9.59 Å². The molecule has 23 heavy (non-hydrogen) atoms. The Balaban J connectivity index is 1.85. The van der Waals surface area contributed by atoms with Gasteiger partial charge in [0.05, 0.1) is 12.8 Å². The van der Waals surface area contributed by atoms with Gasteiger partial charge in [-0.15, -0.1) is 0 Å². The molecule has 0 saturated carbocycles. The fourth-order valence-corrected chi connectivity index (χ4v) is 2.54. The first-order chi connectivity index (χ1) is 11.1. The van der Waals surface area contributed by atoms with E-state index in [0.29, 0.717) is 16.8 Å². The number of hydrogen-bond donors (Lipinski definition) is 3. The number of carbonyl (C=O) groups is 1. The first-order valence-electron chi connectivity index (χ1n) is 7.19. The molecule has 3 N–H and O–H groups in total. The molecular formula is C17H16N2O4. The topological polar surface area (TPSA) is 95.3 Å². The minimum absolute atomic E-state index is 0.0436. The van der Waals surface area contributed by atoms with E-state index in [1.165, 1.54) is 6.26 Å². The molecule has 6 heteroatoms. The summed E-state index contributed by atoms with van der Waals surface area (Å²) in [4.78, 5) is 27.2. The number of nitrogens with one attached hydrogen (secondary N) is 2. The first-order valence-corrected chi connectivity index (χ1v) is 7.19. The summed E-state index contributed by atoms with van der Waals surface area (Å²) in [5, 5.41) is 13.3. The van der Waals surface area contributed by atoms with Gasteiger partial charge in [0.1, 0.15) is 17.4 Å². The molecule has 3 rings (SSSR count). The van der Waals surface area contributed by atoms with Crippen molar-refractivity contribution in [1.82, 2.24) is 10.3 Å². The summed E-state index contributed by atoms with van der Waals surface area (Å²) in [6, 6.07) is 10.6. The molecule has 3 aromatic rings. The number of aliphatic hydroxyl groups is 1. The maximum Gasteiger partial charge on any atom is 0.261 e. The summed E-state index contributed by atoms with van der Waals surface area (Å²) >= 11 is 0. The van der Waals surface area contributed by atoms with Crippen LogP contribution in [0.3, 0.4) is 0 Å². The number of amides is 1. The molecule has 1 atom stereocenters. The van der Waals surface area contributed by atoms with Crippen LogP contribution in [0.2, 0.25) is 0 Å². The number of para-hydroxylation sites is 1. The SMILES string of the molecule is Cc1c(C(=O)NCC(O)c2ccco2)c(=O)[nH]c2ccccc12. The van der Waals surface area contributed by atoms with Crippen molar-refractivity contribution in [2.45, 2.75) is 13.0 Å². The smallest absolute Gasteiger partial charge is 0.261 e. The average Bonchev–Trinajstić information content (AvgIpc) is 3.07. The lowest BCUT2D eigenvalue weighted by Crippen LogP contribution is -2.33. The number of H-pyrrole nitrogens is 1. The molecule has 0 spiro atoms. The number of aromatic amines is 1. The van der Waals surface area contributed by atoms with Crippen molar-refractivity contribution in [1.29, 1.82) is 0 Å². The lowest BCUT2D eigenvalue weighted by atomic mass is 10.0. The lowest BCUT2D eigenvalue weighted by Gasteiger charge is -2.11. The summed E-state index contributed by atoms with van der Waals surface area (Å²) < 4.78 is 5.07. The Hall–Kier alpha value is -2.86. The molecule has 0 saturated heterocycles. The minimum atomic E-state index is -0.964. The standard InChI is InChI=1S/C17H16N2O4/c1-10-11-5-2-3-6-12(11)19-17(22)15(10)16(21)18-9-13(20)14-7-4-8-23-14/h2-8,13,20H,9H2,1H3,(H,18,21)(H,19,22). The zero-order valence-electron chi connectivity index (χ0n) is 12.5. The van der Waals surface area contributed by atoms with E-state index in [4.69, 9.17) is 4.42 Å². The maximum atomic E-state index is 12.3. The van der Waals surface area contributed by atoms with Gasteiger partial charge in [-0.05, 0) is 30.7 Å². The second-order valence-electron chi connectivity index (χ2n) is 5.24. The first kappa shape index (κ1) is 15.1. The fourth-order valence-electron chi connectivity index (χ4n) is 2.54. The number of carbonyl (C=O) groups excluding carboxylic acids is 1. The Kier molecular flexibility index (Phi) is 3.99. The highest BCUT2D eigenvalue weighted by molar-refractivity contribution is 5.99. The zero-order valence-corrected chi connectivity index (χ0v) is 12.5. The Morgan fingerprint density at radius 3 is 2.83 bits per heavy atom. The third-order valence-electron chi connectivity index (χ3n) is 3.74. The van der Waals surface area contributed by atoms with Crippen LogP contribution in [0.1, 0.15) is 27.8 Å². The minimum Gasteiger partial charge on any atom is -0.467 e. The molecule has 2 aromatic heterocycles. The highest BCUT2D eigenvalue weighted by Gasteiger charge is 2.18. The van der Waals surface area contributed by atoms with Crippen molar-refractivity contribution in [2.75, 3.05) is 6.54 Å². The lowest BCUT2D eigenvalue weighted by molar-refractivity contribution is 0.0899. The molecule has 1 unspecified atom stereocenters. The fraction of sp³-hybridized carbons (Fsp3) is 0.176. The average molecular weight is 312 g/mol. The van der Waals surface area contributed by atoms with E-state index in [1.54, 1.807) is 25.1 Å². The molecule has 1 aromatic carbocycles. The third-order valence-corrected chi connectivity index (χ3v) is 3.74. The van der Waals surface area contributed by atoms with Crippen molar-refractivity contribution < 1.29 is 14.3 Å². The van der Waals surface area contributed by atoms with Crippen LogP contribution in [0, 0.1) is 6.92 Å². The van der Waals surface area contributed by atoms with Gasteiger partial charge in [-0.1, -0.05) is 18.2 Å². The normalized spacial score (nSPS) is 12.3. The van der Waals surface area contributed by atoms with Crippen LogP contribution in [-0.4, -0.2) is 22.5 Å². The highest BCUT2D eigenvalue weighted by Crippen LogP contribution is 2.17. The molecule has 0 aliphatic rings. The second-order valence-corrected chi connectivity index (χ2v) is 5.24. The van der Waals surface area contributed by atoms with E-state index in [0.717, 1.165) is 5.39 Å². The Morgan fingerprint density at radius 1 is 1.30 bits per heavy atom. The molecule has 0 fully saturated rings. The van der Waals surface area contributed by atoms with Gasteiger partial charge in [0.25, 0.3) is 11.5 Å². The molecule has 0 radical (unpaired) electrons. The molecule has 6 nitrogen and oxygen atoms in total. The quantitative estimate of drug-likeness (QED) is 0.685. The summed E-state index contributed by atoms with van der Waals surface area (Å²) in [5.41, 5.74) is 0.887. The number of fused-ring (bicyclic) bond motifs is 1. The number of hydrogen-bond acceptors (Lipinski definition) is 4. The largest absolute Gasteiger partial charge is 0.467 e. The van der Waals surface area contributed by atoms with Gasteiger partial charge in [0.2, 0.25) is 0 Å². The van der Waals surface area contributed by atoms with Crippen LogP contribution in [0.5, 0.6) is 0 Å². The second kappa shape index (κ2) is 6.10. The van der Waals surface area contributed by atoms with Crippen LogP contribution in [-0.2, 0) is 0 Å². The van der Waals surface area contributed by atoms with Gasteiger partial charge in [0, 0.05) is 10.9 Å². The summed E-state index contributed by atoms with van der Waals surface area (Å²) in [6.45, 7) is 1.69. The van der Waals surface area contributed by atoms with Crippen LogP contribution < -0.4 is 10.9 Å². The molecule has 2 heterocycles. The van der Waals surface area contributed by atoms with Crippen molar-refractivity contribution in [3.63, 3.8) is 0 Å². The van der Waals surface area contributed by atoms with Gasteiger partial charge in [-0.25, -0.2) is 0 Å². The Labute approximate surface area is 131 Å². The van der Waals surface area contributed by atoms with Crippen molar-refractivity contribution in [3.8, 4) is 0 Å². The highest BCUT2D eigenvalue weighted by atomic mass is 16.4. The Bertz CT molecular complexity index is 897. The molecule has 0 aliphatic heterocycles. The molecule has 0 bridgehead atoms. The summed E-state index contributed by atoms with van der Waals surface area (Å²) in [7, 11) is 0. The summed E-state index contributed by atoms with van der Waals surface area (Å²) in [5.74, 6) is -0.172. The number of furan rings is 1. The van der Waals surface area contributed by atoms with Crippen LogP contribution >= 0.6 is 0 Å². The van der Waals surface area contributed by atoms with E-state index in [9.17, 15) is 14.7 Å². The van der Waals surface area contributed by atoms with E-state index in [1.807, 2.05) is 18.2 Å². The van der Waals surface area contributed by atoms with Crippen LogP contribution in [0.15, 0.2) is 51.9 Å². The number of aliphatic hydroxyl groups excluding tert-OH is 1. The zero-order chi connectivity index (χ0) is 16.4. The predicted octanol–water partition coefficient (Wildman–Crippen LogP) is 1.89. The Morgan fingerprint density at radius 2 is 2.09 bits per heavy atom. The van der Waals surface area contributed by atoms with Crippen molar-refractivity contribution >= 4 is 16.8 Å². The number of benzene rings is 1. The number of rotatable bonds is 4. The predicted molar refractivity (Wildman–Crippen MR) is 85.3 cm³/mol. The number of pyridine rings is 1. The van der Waals surface area contributed by atoms with Gasteiger partial charge in [0.15, 0.2) is 0 Å². The molecule has 118 valence electrons. The van der Waals surface area contributed by atoms with E-state index >= 15 is 0 Å². The monoisotopic (exact) mass is 312 g/mol. The van der Waals surface area contributed by atoms with E-state index in [-0.39, 0.29) is 12.1 Å². The maximum absolute atomic E-state index is 12.3. The summed E-state index contributed by atoms with van der Waals surface area (Å²) in [6.07, 6.45) is 0.479. The van der Waals surface area contributed by atoms with Crippen molar-refractivity contribution in [2.24, 2.45) is 0 Å². The van der Waals surface area contributed by atoms with E-state index in [2.05, 4.69) is 10.3 Å². The number of aromatic nitrogens is 1. The van der Waals surface area contributed by atoms with Crippen LogP contribution in [0.4, 0.5) is 0 Å². The van der Waals surface area contributed by atoms with Gasteiger partial charge >= 0.3 is 0 Å². The van der Waals surface area contributed by atoms with Gasteiger partial charge in [-0.2, -0.15) is 0 Å². The molecular weight excluding hydrogens is 296 g/mol. The molecule has 1 amide bonds.